The van der Waals surface area contributed by atoms with Gasteiger partial charge in [-0.3, -0.25) is 4.79 Å². The molecule has 0 fully saturated rings. The van der Waals surface area contributed by atoms with Gasteiger partial charge in [-0.1, -0.05) is 12.1 Å². The Morgan fingerprint density at radius 1 is 1.11 bits per heavy atom. The molecule has 7 nitrogen and oxygen atoms in total. The van der Waals surface area contributed by atoms with E-state index in [9.17, 15) is 9.59 Å². The summed E-state index contributed by atoms with van der Waals surface area (Å²) in [6.45, 7) is 3.31. The predicted molar refractivity (Wildman–Crippen MR) is 101 cm³/mol. The van der Waals surface area contributed by atoms with Gasteiger partial charge in [-0.2, -0.15) is 0 Å². The van der Waals surface area contributed by atoms with E-state index in [2.05, 4.69) is 5.32 Å². The van der Waals surface area contributed by atoms with Gasteiger partial charge in [0.2, 0.25) is 0 Å². The van der Waals surface area contributed by atoms with Crippen molar-refractivity contribution in [3.8, 4) is 5.75 Å². The van der Waals surface area contributed by atoms with Crippen molar-refractivity contribution < 1.29 is 29.5 Å². The van der Waals surface area contributed by atoms with E-state index in [0.717, 1.165) is 5.56 Å². The first-order valence-electron chi connectivity index (χ1n) is 8.84. The Bertz CT molecular complexity index is 746. The zero-order valence-corrected chi connectivity index (χ0v) is 15.3. The summed E-state index contributed by atoms with van der Waals surface area (Å²) < 4.78 is 10.5. The van der Waals surface area contributed by atoms with E-state index in [0.29, 0.717) is 36.7 Å². The molecule has 0 aliphatic carbocycles. The number of ether oxygens (including phenoxy) is 2. The Kier molecular flexibility index (Phi) is 8.28. The van der Waals surface area contributed by atoms with Crippen LogP contribution in [0.2, 0.25) is 0 Å². The highest BCUT2D eigenvalue weighted by Gasteiger charge is 2.10. The number of hydrogen-bond donors (Lipinski definition) is 3. The maximum atomic E-state index is 12.1. The fourth-order valence-electron chi connectivity index (χ4n) is 2.41. The molecule has 0 spiro atoms. The lowest BCUT2D eigenvalue weighted by Gasteiger charge is -2.11. The van der Waals surface area contributed by atoms with Crippen LogP contribution in [0.5, 0.6) is 5.75 Å². The molecular formula is C20H25N2O5+. The smallest absolute Gasteiger partial charge is 0.338 e. The van der Waals surface area contributed by atoms with Crippen LogP contribution in [0.25, 0.3) is 0 Å². The summed E-state index contributed by atoms with van der Waals surface area (Å²) >= 11 is 0. The molecule has 144 valence electrons. The fraction of sp³-hybridized carbons (Fsp3) is 0.300. The topological polar surface area (TPSA) is 101 Å². The van der Waals surface area contributed by atoms with Crippen molar-refractivity contribution in [1.29, 1.82) is 0 Å². The number of benzene rings is 2. The minimum atomic E-state index is -0.395. The van der Waals surface area contributed by atoms with Gasteiger partial charge in [-0.15, -0.1) is 0 Å². The molecule has 0 atom stereocenters. The highest BCUT2D eigenvalue weighted by atomic mass is 16.5. The molecule has 0 heterocycles. The van der Waals surface area contributed by atoms with Gasteiger partial charge < -0.3 is 25.2 Å². The fourth-order valence-corrected chi connectivity index (χ4v) is 2.41. The second-order valence-electron chi connectivity index (χ2n) is 5.75. The summed E-state index contributed by atoms with van der Waals surface area (Å²) in [6, 6.07) is 14.0. The van der Waals surface area contributed by atoms with E-state index in [4.69, 9.17) is 14.6 Å². The van der Waals surface area contributed by atoms with Crippen molar-refractivity contribution in [3.05, 3.63) is 59.7 Å². The molecule has 27 heavy (non-hydrogen) atoms. The van der Waals surface area contributed by atoms with E-state index in [1.54, 1.807) is 31.2 Å². The second-order valence-corrected chi connectivity index (χ2v) is 5.75. The normalized spacial score (nSPS) is 10.3. The molecule has 4 N–H and O–H groups in total. The van der Waals surface area contributed by atoms with Crippen LogP contribution in [0, 0.1) is 0 Å². The van der Waals surface area contributed by atoms with Crippen LogP contribution in [-0.2, 0) is 16.1 Å². The molecule has 2 aromatic carbocycles. The lowest BCUT2D eigenvalue weighted by molar-refractivity contribution is -0.671. The SMILES string of the molecule is CCOC(=O)c1ccc(NC(=O)COc2ccccc2C[NH2+]CCO)cc1. The van der Waals surface area contributed by atoms with E-state index < -0.39 is 5.97 Å². The summed E-state index contributed by atoms with van der Waals surface area (Å²) in [5, 5.41) is 13.6. The summed E-state index contributed by atoms with van der Waals surface area (Å²) in [5.74, 6) is -0.0548. The van der Waals surface area contributed by atoms with Crippen LogP contribution in [0.4, 0.5) is 5.69 Å². The van der Waals surface area contributed by atoms with Crippen LogP contribution in [0.3, 0.4) is 0 Å². The van der Waals surface area contributed by atoms with Crippen molar-refractivity contribution in [2.45, 2.75) is 13.5 Å². The van der Waals surface area contributed by atoms with Crippen LogP contribution < -0.4 is 15.4 Å². The van der Waals surface area contributed by atoms with Gasteiger partial charge in [0.05, 0.1) is 25.3 Å². The lowest BCUT2D eigenvalue weighted by atomic mass is 10.2. The van der Waals surface area contributed by atoms with E-state index >= 15 is 0 Å². The van der Waals surface area contributed by atoms with E-state index in [1.807, 2.05) is 29.6 Å². The molecule has 0 saturated carbocycles. The van der Waals surface area contributed by atoms with E-state index in [-0.39, 0.29) is 19.1 Å². The van der Waals surface area contributed by atoms with Crippen molar-refractivity contribution in [3.63, 3.8) is 0 Å². The molecule has 0 bridgehead atoms. The summed E-state index contributed by atoms with van der Waals surface area (Å²) in [7, 11) is 0. The van der Waals surface area contributed by atoms with Crippen LogP contribution >= 0.6 is 0 Å². The molecule has 7 heteroatoms. The number of aliphatic hydroxyl groups excluding tert-OH is 1. The van der Waals surface area contributed by atoms with Gasteiger partial charge in [0.1, 0.15) is 12.3 Å². The second kappa shape index (κ2) is 10.9. The standard InChI is InChI=1S/C20H24N2O5/c1-2-26-20(25)15-7-9-17(10-8-15)22-19(24)14-27-18-6-4-3-5-16(18)13-21-11-12-23/h3-10,21,23H,2,11-14H2,1H3,(H,22,24)/p+1. The first-order chi connectivity index (χ1) is 13.1. The van der Waals surface area contributed by atoms with Gasteiger partial charge in [0.25, 0.3) is 5.91 Å². The van der Waals surface area contributed by atoms with Crippen molar-refractivity contribution in [1.82, 2.24) is 0 Å². The number of rotatable bonds is 10. The number of hydrogen-bond acceptors (Lipinski definition) is 5. The third-order valence-corrected chi connectivity index (χ3v) is 3.71. The Hall–Kier alpha value is -2.90. The molecular weight excluding hydrogens is 348 g/mol. The zero-order valence-electron chi connectivity index (χ0n) is 15.3. The summed E-state index contributed by atoms with van der Waals surface area (Å²) in [6.07, 6.45) is 0. The highest BCUT2D eigenvalue weighted by Crippen LogP contribution is 2.17. The number of carbonyl (C=O) groups is 2. The predicted octanol–water partition coefficient (Wildman–Crippen LogP) is 0.937. The van der Waals surface area contributed by atoms with Crippen LogP contribution in [0.15, 0.2) is 48.5 Å². The molecule has 0 saturated heterocycles. The maximum Gasteiger partial charge on any atom is 0.338 e. The lowest BCUT2D eigenvalue weighted by Crippen LogP contribution is -2.83. The largest absolute Gasteiger partial charge is 0.483 e. The average molecular weight is 373 g/mol. The molecule has 0 radical (unpaired) electrons. The Morgan fingerprint density at radius 3 is 2.56 bits per heavy atom. The molecule has 0 aliphatic heterocycles. The Labute approximate surface area is 158 Å². The van der Waals surface area contributed by atoms with Gasteiger partial charge in [0.15, 0.2) is 6.61 Å². The Balaban J connectivity index is 1.87. The number of aliphatic hydroxyl groups is 1. The molecule has 2 aromatic rings. The summed E-state index contributed by atoms with van der Waals surface area (Å²) in [4.78, 5) is 23.7. The number of quaternary nitrogens is 1. The minimum Gasteiger partial charge on any atom is -0.483 e. The van der Waals surface area contributed by atoms with Gasteiger partial charge in [0, 0.05) is 11.3 Å². The van der Waals surface area contributed by atoms with Gasteiger partial charge in [-0.25, -0.2) is 4.79 Å². The zero-order chi connectivity index (χ0) is 19.5. The van der Waals surface area contributed by atoms with Crippen molar-refractivity contribution in [2.75, 3.05) is 31.7 Å². The third-order valence-electron chi connectivity index (χ3n) is 3.71. The number of nitrogens with one attached hydrogen (secondary N) is 1. The number of nitrogens with two attached hydrogens (primary N) is 1. The van der Waals surface area contributed by atoms with Crippen molar-refractivity contribution in [2.24, 2.45) is 0 Å². The van der Waals surface area contributed by atoms with Crippen LogP contribution in [-0.4, -0.2) is 43.3 Å². The molecule has 0 unspecified atom stereocenters. The molecule has 2 rings (SSSR count). The first kappa shape index (κ1) is 20.4. The monoisotopic (exact) mass is 373 g/mol. The first-order valence-corrected chi connectivity index (χ1v) is 8.84. The number of para-hydroxylation sites is 1. The molecule has 0 aliphatic rings. The number of carbonyl (C=O) groups excluding carboxylic acids is 2. The maximum absolute atomic E-state index is 12.1. The number of anilines is 1. The Morgan fingerprint density at radius 2 is 1.85 bits per heavy atom. The third kappa shape index (κ3) is 6.73. The highest BCUT2D eigenvalue weighted by molar-refractivity contribution is 5.93. The van der Waals surface area contributed by atoms with Crippen LogP contribution in [0.1, 0.15) is 22.8 Å². The number of amides is 1. The minimum absolute atomic E-state index is 0.111. The average Bonchev–Trinajstić information content (AvgIpc) is 2.68. The van der Waals surface area contributed by atoms with Gasteiger partial charge in [-0.05, 0) is 43.3 Å². The molecule has 0 aromatic heterocycles. The number of esters is 1. The van der Waals surface area contributed by atoms with E-state index in [1.165, 1.54) is 0 Å². The quantitative estimate of drug-likeness (QED) is 0.425. The van der Waals surface area contributed by atoms with Crippen molar-refractivity contribution >= 4 is 17.6 Å². The summed E-state index contributed by atoms with van der Waals surface area (Å²) in [5.41, 5.74) is 1.96. The molecule has 1 amide bonds. The van der Waals surface area contributed by atoms with Gasteiger partial charge >= 0.3 is 5.97 Å².